The summed E-state index contributed by atoms with van der Waals surface area (Å²) in [5.74, 6) is -3.38. The summed E-state index contributed by atoms with van der Waals surface area (Å²) >= 11 is 0. The van der Waals surface area contributed by atoms with Crippen LogP contribution in [-0.2, 0) is 4.79 Å². The van der Waals surface area contributed by atoms with Gasteiger partial charge in [0.2, 0.25) is 0 Å². The van der Waals surface area contributed by atoms with Gasteiger partial charge in [0.15, 0.2) is 11.4 Å². The van der Waals surface area contributed by atoms with Crippen LogP contribution in [0.4, 0.5) is 4.39 Å². The predicted molar refractivity (Wildman–Crippen MR) is 84.9 cm³/mol. The molecule has 0 radical (unpaired) electrons. The standard InChI is InChI=1S/C17H18FN3O5.K/c18-11-4-1-2-5-12(11)21-10-13(23)14(19-21)15(24)20-8-3-6-17(20,7-9-22)16(25)26;/h1-2,4-5,10,22-23H,3,6-9H2,(H,25,26);/q;+1/p-1. The summed E-state index contributed by atoms with van der Waals surface area (Å²) in [5, 5.41) is 34.9. The van der Waals surface area contributed by atoms with Crippen LogP contribution in [0.15, 0.2) is 30.5 Å². The number of nitrogens with zero attached hydrogens (tertiary/aromatic N) is 3. The van der Waals surface area contributed by atoms with Crippen LogP contribution >= 0.6 is 0 Å². The van der Waals surface area contributed by atoms with E-state index >= 15 is 0 Å². The summed E-state index contributed by atoms with van der Waals surface area (Å²) in [6, 6.07) is 5.69. The van der Waals surface area contributed by atoms with Gasteiger partial charge in [-0.05, 0) is 31.4 Å². The van der Waals surface area contributed by atoms with Crippen molar-refractivity contribution in [2.45, 2.75) is 24.8 Å². The molecule has 1 fully saturated rings. The van der Waals surface area contributed by atoms with Crippen molar-refractivity contribution in [2.75, 3.05) is 13.2 Å². The van der Waals surface area contributed by atoms with Crippen molar-refractivity contribution in [3.8, 4) is 11.4 Å². The number of aromatic hydroxyl groups is 1. The minimum Gasteiger partial charge on any atom is -0.548 e. The third-order valence-corrected chi connectivity index (χ3v) is 4.64. The number of aliphatic hydroxyl groups excluding tert-OH is 1. The average molecular weight is 401 g/mol. The Morgan fingerprint density at radius 3 is 2.67 bits per heavy atom. The van der Waals surface area contributed by atoms with E-state index in [1.165, 1.54) is 18.2 Å². The number of likely N-dealkylation sites (tertiary alicyclic amines) is 1. The molecule has 10 heteroatoms. The second-order valence-electron chi connectivity index (χ2n) is 6.11. The van der Waals surface area contributed by atoms with Crippen LogP contribution in [0.5, 0.6) is 5.75 Å². The molecule has 2 aromatic rings. The zero-order valence-electron chi connectivity index (χ0n) is 14.8. The van der Waals surface area contributed by atoms with Crippen molar-refractivity contribution in [1.82, 2.24) is 14.7 Å². The maximum atomic E-state index is 13.9. The first kappa shape index (κ1) is 22.0. The molecule has 1 aliphatic heterocycles. The molecule has 1 aromatic carbocycles. The molecule has 1 aromatic heterocycles. The van der Waals surface area contributed by atoms with Gasteiger partial charge in [-0.2, -0.15) is 5.10 Å². The fraction of sp³-hybridized carbons (Fsp3) is 0.353. The maximum Gasteiger partial charge on any atom is 1.00 e. The molecule has 27 heavy (non-hydrogen) atoms. The van der Waals surface area contributed by atoms with Crippen LogP contribution in [0.1, 0.15) is 29.8 Å². The number of carbonyl (C=O) groups excluding carboxylic acids is 2. The summed E-state index contributed by atoms with van der Waals surface area (Å²) in [7, 11) is 0. The van der Waals surface area contributed by atoms with E-state index in [0.29, 0.717) is 6.42 Å². The van der Waals surface area contributed by atoms with Crippen molar-refractivity contribution < 1.29 is 80.7 Å². The first-order chi connectivity index (χ1) is 12.4. The molecule has 0 aliphatic carbocycles. The Labute approximate surface area is 197 Å². The number of carboxylic acids is 1. The van der Waals surface area contributed by atoms with Crippen LogP contribution in [0.3, 0.4) is 0 Å². The van der Waals surface area contributed by atoms with E-state index in [2.05, 4.69) is 5.10 Å². The van der Waals surface area contributed by atoms with Crippen molar-refractivity contribution in [2.24, 2.45) is 0 Å². The summed E-state index contributed by atoms with van der Waals surface area (Å²) in [6.45, 7) is -0.313. The minimum atomic E-state index is -1.65. The number of hydrogen-bond acceptors (Lipinski definition) is 6. The third kappa shape index (κ3) is 3.96. The first-order valence-corrected chi connectivity index (χ1v) is 8.08. The van der Waals surface area contributed by atoms with Gasteiger partial charge < -0.3 is 25.0 Å². The molecular formula is C17H17FKN3O5. The first-order valence-electron chi connectivity index (χ1n) is 8.08. The second kappa shape index (κ2) is 8.80. The molecule has 8 nitrogen and oxygen atoms in total. The number of benzene rings is 1. The number of hydrogen-bond donors (Lipinski definition) is 2. The number of para-hydroxylation sites is 1. The number of halogens is 1. The Balaban J connectivity index is 0.00000261. The number of carbonyl (C=O) groups is 2. The summed E-state index contributed by atoms with van der Waals surface area (Å²) in [6.07, 6.45) is 1.44. The van der Waals surface area contributed by atoms with E-state index in [1.807, 2.05) is 0 Å². The maximum absolute atomic E-state index is 13.9. The van der Waals surface area contributed by atoms with E-state index in [-0.39, 0.29) is 76.5 Å². The minimum absolute atomic E-state index is 0. The van der Waals surface area contributed by atoms with E-state index in [1.54, 1.807) is 6.07 Å². The van der Waals surface area contributed by atoms with Crippen LogP contribution < -0.4 is 56.5 Å². The Hall–Kier alpha value is -1.30. The van der Waals surface area contributed by atoms with E-state index in [4.69, 9.17) is 0 Å². The van der Waals surface area contributed by atoms with Crippen molar-refractivity contribution in [3.05, 3.63) is 42.0 Å². The van der Waals surface area contributed by atoms with Crippen LogP contribution in [0.2, 0.25) is 0 Å². The molecule has 1 amide bonds. The van der Waals surface area contributed by atoms with E-state index in [0.717, 1.165) is 15.8 Å². The molecule has 2 heterocycles. The molecular weight excluding hydrogens is 384 g/mol. The molecule has 0 bridgehead atoms. The molecule has 1 aliphatic rings. The van der Waals surface area contributed by atoms with Crippen LogP contribution in [0.25, 0.3) is 5.69 Å². The van der Waals surface area contributed by atoms with Gasteiger partial charge in [-0.3, -0.25) is 4.79 Å². The van der Waals surface area contributed by atoms with Gasteiger partial charge in [0.1, 0.15) is 11.5 Å². The van der Waals surface area contributed by atoms with Crippen LogP contribution in [0, 0.1) is 5.82 Å². The molecule has 0 saturated carbocycles. The largest absolute Gasteiger partial charge is 1.00 e. The van der Waals surface area contributed by atoms with Crippen molar-refractivity contribution in [1.29, 1.82) is 0 Å². The zero-order chi connectivity index (χ0) is 18.9. The SMILES string of the molecule is O=C(c1nn(-c2ccccc2F)cc1O)N1CCCC1(CCO)C(=O)[O-].[K+]. The molecule has 1 unspecified atom stereocenters. The Morgan fingerprint density at radius 2 is 2.04 bits per heavy atom. The number of rotatable bonds is 5. The van der Waals surface area contributed by atoms with Crippen molar-refractivity contribution >= 4 is 11.9 Å². The second-order valence-corrected chi connectivity index (χ2v) is 6.11. The number of aliphatic carboxylic acids is 1. The number of carboxylic acid groups (broad SMARTS) is 1. The Kier molecular flexibility index (Phi) is 7.17. The molecule has 1 atom stereocenters. The molecule has 1 saturated heterocycles. The van der Waals surface area contributed by atoms with E-state index in [9.17, 15) is 29.3 Å². The number of aliphatic hydroxyl groups is 1. The van der Waals surface area contributed by atoms with Gasteiger partial charge in [-0.1, -0.05) is 12.1 Å². The summed E-state index contributed by atoms with van der Waals surface area (Å²) in [5.41, 5.74) is -2.01. The summed E-state index contributed by atoms with van der Waals surface area (Å²) in [4.78, 5) is 25.5. The molecule has 2 N–H and O–H groups in total. The Bertz CT molecular complexity index is 859. The molecule has 3 rings (SSSR count). The fourth-order valence-corrected chi connectivity index (χ4v) is 3.34. The van der Waals surface area contributed by atoms with Gasteiger partial charge in [0.25, 0.3) is 5.91 Å². The quantitative estimate of drug-likeness (QED) is 0.510. The van der Waals surface area contributed by atoms with Gasteiger partial charge in [0.05, 0.1) is 17.7 Å². The fourth-order valence-electron chi connectivity index (χ4n) is 3.34. The van der Waals surface area contributed by atoms with Gasteiger partial charge in [0, 0.05) is 13.2 Å². The zero-order valence-corrected chi connectivity index (χ0v) is 17.9. The van der Waals surface area contributed by atoms with Crippen molar-refractivity contribution in [3.63, 3.8) is 0 Å². The monoisotopic (exact) mass is 401 g/mol. The average Bonchev–Trinajstić information content (AvgIpc) is 3.20. The Morgan fingerprint density at radius 1 is 1.33 bits per heavy atom. The van der Waals surface area contributed by atoms with E-state index < -0.39 is 41.3 Å². The smallest absolute Gasteiger partial charge is 0.548 e. The summed E-state index contributed by atoms with van der Waals surface area (Å²) < 4.78 is 14.9. The normalized spacial score (nSPS) is 19.0. The number of aromatic nitrogens is 2. The van der Waals surface area contributed by atoms with Gasteiger partial charge >= 0.3 is 51.4 Å². The third-order valence-electron chi connectivity index (χ3n) is 4.64. The molecule has 138 valence electrons. The number of amides is 1. The predicted octanol–water partition coefficient (Wildman–Crippen LogP) is -3.17. The van der Waals surface area contributed by atoms with Gasteiger partial charge in [-0.15, -0.1) is 0 Å². The van der Waals surface area contributed by atoms with Crippen LogP contribution in [-0.4, -0.2) is 55.5 Å². The topological polar surface area (TPSA) is 119 Å². The molecule has 0 spiro atoms. The van der Waals surface area contributed by atoms with Gasteiger partial charge in [-0.25, -0.2) is 9.07 Å².